The van der Waals surface area contributed by atoms with Gasteiger partial charge in [-0.1, -0.05) is 18.2 Å². The number of rotatable bonds is 7. The van der Waals surface area contributed by atoms with E-state index in [0.29, 0.717) is 27.0 Å². The smallest absolute Gasteiger partial charge is 0.349 e. The summed E-state index contributed by atoms with van der Waals surface area (Å²) in [4.78, 5) is 22.0. The molecule has 0 spiro atoms. The van der Waals surface area contributed by atoms with E-state index in [0.717, 1.165) is 15.6 Å². The van der Waals surface area contributed by atoms with E-state index in [1.807, 2.05) is 30.3 Å². The molecule has 6 nitrogen and oxygen atoms in total. The highest BCUT2D eigenvalue weighted by molar-refractivity contribution is 7.85. The van der Waals surface area contributed by atoms with Gasteiger partial charge in [-0.15, -0.1) is 11.3 Å². The molecule has 0 fully saturated rings. The van der Waals surface area contributed by atoms with E-state index in [1.54, 1.807) is 37.5 Å². The summed E-state index contributed by atoms with van der Waals surface area (Å²) in [6, 6.07) is 14.6. The summed E-state index contributed by atoms with van der Waals surface area (Å²) in [6.07, 6.45) is 4.85. The van der Waals surface area contributed by atoms with Crippen LogP contribution < -0.4 is 4.74 Å². The fraction of sp³-hybridized carbons (Fsp3) is 0.136. The fourth-order valence-corrected chi connectivity index (χ4v) is 5.60. The first-order valence-electron chi connectivity index (χ1n) is 9.24. The molecule has 0 aliphatic rings. The van der Waals surface area contributed by atoms with Crippen molar-refractivity contribution < 1.29 is 18.5 Å². The Morgan fingerprint density at radius 1 is 1.10 bits per heavy atom. The summed E-state index contributed by atoms with van der Waals surface area (Å²) < 4.78 is 25.2. The quantitative estimate of drug-likeness (QED) is 0.392. The number of esters is 1. The number of benzene rings is 2. The summed E-state index contributed by atoms with van der Waals surface area (Å²) in [6.45, 7) is 2.32. The molecular formula is C22H18N2O4S2. The second-order valence-corrected chi connectivity index (χ2v) is 8.73. The van der Waals surface area contributed by atoms with Gasteiger partial charge in [0.05, 0.1) is 22.3 Å². The molecule has 30 heavy (non-hydrogen) atoms. The topological polar surface area (TPSA) is 78.4 Å². The maximum absolute atomic E-state index is 13.3. The molecule has 2 aromatic heterocycles. The van der Waals surface area contributed by atoms with Crippen LogP contribution in [0, 0.1) is 0 Å². The Hall–Kier alpha value is -3.10. The molecule has 0 amide bonds. The lowest BCUT2D eigenvalue weighted by molar-refractivity contribution is 0.0528. The van der Waals surface area contributed by atoms with E-state index in [-0.39, 0.29) is 6.61 Å². The van der Waals surface area contributed by atoms with Crippen LogP contribution in [0.5, 0.6) is 5.75 Å². The Labute approximate surface area is 180 Å². The van der Waals surface area contributed by atoms with E-state index in [9.17, 15) is 9.00 Å². The van der Waals surface area contributed by atoms with Crippen LogP contribution in [0.1, 0.15) is 22.2 Å². The molecule has 152 valence electrons. The first-order chi connectivity index (χ1) is 14.7. The lowest BCUT2D eigenvalue weighted by Crippen LogP contribution is -2.06. The normalized spacial score (nSPS) is 11.9. The van der Waals surface area contributed by atoms with E-state index in [4.69, 9.17) is 9.47 Å². The van der Waals surface area contributed by atoms with E-state index in [2.05, 4.69) is 9.97 Å². The van der Waals surface area contributed by atoms with Crippen molar-refractivity contribution >= 4 is 38.2 Å². The molecule has 0 saturated heterocycles. The Balaban J connectivity index is 1.72. The highest BCUT2D eigenvalue weighted by Crippen LogP contribution is 2.38. The van der Waals surface area contributed by atoms with Crippen LogP contribution in [-0.2, 0) is 22.1 Å². The van der Waals surface area contributed by atoms with E-state index in [1.165, 1.54) is 17.7 Å². The highest BCUT2D eigenvalue weighted by atomic mass is 32.2. The van der Waals surface area contributed by atoms with Gasteiger partial charge in [-0.05, 0) is 37.3 Å². The third-order valence-electron chi connectivity index (χ3n) is 4.24. The Morgan fingerprint density at radius 3 is 2.60 bits per heavy atom. The number of hydrogen-bond acceptors (Lipinski definition) is 7. The van der Waals surface area contributed by atoms with Crippen molar-refractivity contribution in [2.45, 2.75) is 23.3 Å². The summed E-state index contributed by atoms with van der Waals surface area (Å²) >= 11 is 1.26. The summed E-state index contributed by atoms with van der Waals surface area (Å²) in [5.74, 6) is 0.168. The molecule has 1 unspecified atom stereocenters. The minimum atomic E-state index is -1.51. The first kappa shape index (κ1) is 20.2. The van der Waals surface area contributed by atoms with Crippen molar-refractivity contribution in [1.82, 2.24) is 9.97 Å². The Bertz CT molecular complexity index is 1190. The van der Waals surface area contributed by atoms with Crippen LogP contribution in [0.4, 0.5) is 0 Å². The second kappa shape index (κ2) is 9.15. The number of nitrogens with zero attached hydrogens (tertiary/aromatic N) is 2. The van der Waals surface area contributed by atoms with Crippen LogP contribution in [0.2, 0.25) is 0 Å². The average molecular weight is 439 g/mol. The van der Waals surface area contributed by atoms with Crippen molar-refractivity contribution in [3.05, 3.63) is 77.7 Å². The van der Waals surface area contributed by atoms with Gasteiger partial charge in [0.25, 0.3) is 0 Å². The molecular weight excluding hydrogens is 420 g/mol. The first-order valence-corrected chi connectivity index (χ1v) is 11.2. The molecule has 0 saturated carbocycles. The van der Waals surface area contributed by atoms with Gasteiger partial charge in [0.2, 0.25) is 0 Å². The van der Waals surface area contributed by atoms with Crippen molar-refractivity contribution in [2.75, 3.05) is 6.61 Å². The number of carbonyl (C=O) groups is 1. The Kier molecular flexibility index (Phi) is 6.15. The largest absolute Gasteiger partial charge is 0.489 e. The molecule has 4 rings (SSSR count). The lowest BCUT2D eigenvalue weighted by atomic mass is 10.2. The molecule has 4 aromatic rings. The standard InChI is InChI=1S/C22H18N2O4S2/c1-2-27-22(25)20-21(30(26)17-6-4-3-5-7-17)18-9-8-16(10-19(18)29-20)28-13-15-11-23-14-24-12-15/h3-12,14H,2,13H2,1H3. The van der Waals surface area contributed by atoms with Crippen molar-refractivity contribution in [3.63, 3.8) is 0 Å². The van der Waals surface area contributed by atoms with E-state index < -0.39 is 16.8 Å². The predicted octanol–water partition coefficient (Wildman–Crippen LogP) is 4.61. The van der Waals surface area contributed by atoms with Gasteiger partial charge >= 0.3 is 5.97 Å². The third kappa shape index (κ3) is 4.24. The zero-order valence-corrected chi connectivity index (χ0v) is 17.7. The maximum Gasteiger partial charge on any atom is 0.349 e. The number of ether oxygens (including phenoxy) is 2. The summed E-state index contributed by atoms with van der Waals surface area (Å²) in [7, 11) is -1.51. The number of fused-ring (bicyclic) bond motifs is 1. The number of thiophene rings is 1. The summed E-state index contributed by atoms with van der Waals surface area (Å²) in [5.41, 5.74) is 0.849. The van der Waals surface area contributed by atoms with Gasteiger partial charge in [0, 0.05) is 32.9 Å². The Morgan fingerprint density at radius 2 is 1.87 bits per heavy atom. The van der Waals surface area contributed by atoms with Gasteiger partial charge in [-0.3, -0.25) is 0 Å². The number of aromatic nitrogens is 2. The summed E-state index contributed by atoms with van der Waals surface area (Å²) in [5, 5.41) is 0.751. The van der Waals surface area contributed by atoms with Gasteiger partial charge < -0.3 is 9.47 Å². The predicted molar refractivity (Wildman–Crippen MR) is 115 cm³/mol. The number of carbonyl (C=O) groups excluding carboxylic acids is 1. The van der Waals surface area contributed by atoms with Gasteiger partial charge in [0.15, 0.2) is 0 Å². The van der Waals surface area contributed by atoms with Crippen LogP contribution in [0.15, 0.2) is 77.0 Å². The molecule has 2 aromatic carbocycles. The van der Waals surface area contributed by atoms with Crippen molar-refractivity contribution in [2.24, 2.45) is 0 Å². The minimum Gasteiger partial charge on any atom is -0.489 e. The molecule has 0 N–H and O–H groups in total. The third-order valence-corrected chi connectivity index (χ3v) is 7.00. The van der Waals surface area contributed by atoms with Gasteiger partial charge in [-0.2, -0.15) is 0 Å². The van der Waals surface area contributed by atoms with Crippen LogP contribution >= 0.6 is 11.3 Å². The zero-order chi connectivity index (χ0) is 20.9. The molecule has 0 bridgehead atoms. The molecule has 0 aliphatic heterocycles. The SMILES string of the molecule is CCOC(=O)c1sc2cc(OCc3cncnc3)ccc2c1S(=O)c1ccccc1. The van der Waals surface area contributed by atoms with E-state index >= 15 is 0 Å². The second-order valence-electron chi connectivity index (χ2n) is 6.26. The van der Waals surface area contributed by atoms with Gasteiger partial charge in [-0.25, -0.2) is 19.0 Å². The van der Waals surface area contributed by atoms with Crippen LogP contribution in [-0.4, -0.2) is 26.8 Å². The monoisotopic (exact) mass is 438 g/mol. The lowest BCUT2D eigenvalue weighted by Gasteiger charge is -2.07. The van der Waals surface area contributed by atoms with Gasteiger partial charge in [0.1, 0.15) is 23.6 Å². The molecule has 0 aliphatic carbocycles. The average Bonchev–Trinajstić information content (AvgIpc) is 3.17. The van der Waals surface area contributed by atoms with Crippen molar-refractivity contribution in [1.29, 1.82) is 0 Å². The molecule has 1 atom stereocenters. The molecule has 0 radical (unpaired) electrons. The maximum atomic E-state index is 13.3. The minimum absolute atomic E-state index is 0.248. The highest BCUT2D eigenvalue weighted by Gasteiger charge is 2.25. The van der Waals surface area contributed by atoms with Crippen LogP contribution in [0.3, 0.4) is 0 Å². The fourth-order valence-electron chi connectivity index (χ4n) is 2.89. The van der Waals surface area contributed by atoms with Crippen molar-refractivity contribution in [3.8, 4) is 5.75 Å². The molecule has 2 heterocycles. The zero-order valence-electron chi connectivity index (χ0n) is 16.1. The molecule has 8 heteroatoms. The van der Waals surface area contributed by atoms with Crippen LogP contribution in [0.25, 0.3) is 10.1 Å². The number of hydrogen-bond donors (Lipinski definition) is 0.